The summed E-state index contributed by atoms with van der Waals surface area (Å²) in [6, 6.07) is 8.14. The third kappa shape index (κ3) is 5.57. The predicted molar refractivity (Wildman–Crippen MR) is 102 cm³/mol. The lowest BCUT2D eigenvalue weighted by Gasteiger charge is -2.25. The SMILES string of the molecule is CC(C)(CNC(=O)c1csc(CCN)n1)c1cccc(Br)c1.Cl. The lowest BCUT2D eigenvalue weighted by atomic mass is 9.84. The number of benzene rings is 1. The molecular weight excluding hydrogens is 398 g/mol. The molecule has 0 spiro atoms. The van der Waals surface area contributed by atoms with Gasteiger partial charge in [0.15, 0.2) is 0 Å². The molecule has 0 unspecified atom stereocenters. The summed E-state index contributed by atoms with van der Waals surface area (Å²) in [7, 11) is 0. The highest BCUT2D eigenvalue weighted by Gasteiger charge is 2.22. The van der Waals surface area contributed by atoms with Gasteiger partial charge in [0.1, 0.15) is 5.69 Å². The lowest BCUT2D eigenvalue weighted by molar-refractivity contribution is 0.0941. The summed E-state index contributed by atoms with van der Waals surface area (Å²) >= 11 is 4.96. The summed E-state index contributed by atoms with van der Waals surface area (Å²) in [5, 5.41) is 5.66. The van der Waals surface area contributed by atoms with E-state index in [1.165, 1.54) is 16.9 Å². The Balaban J connectivity index is 0.00000264. The maximum atomic E-state index is 12.2. The van der Waals surface area contributed by atoms with Crippen molar-refractivity contribution in [3.8, 4) is 0 Å². The van der Waals surface area contributed by atoms with E-state index in [-0.39, 0.29) is 23.7 Å². The van der Waals surface area contributed by atoms with Crippen LogP contribution in [0, 0.1) is 0 Å². The van der Waals surface area contributed by atoms with Gasteiger partial charge in [0.05, 0.1) is 5.01 Å². The van der Waals surface area contributed by atoms with Gasteiger partial charge in [0, 0.05) is 28.2 Å². The van der Waals surface area contributed by atoms with E-state index in [2.05, 4.69) is 52.2 Å². The second kappa shape index (κ2) is 8.78. The average molecular weight is 419 g/mol. The Morgan fingerprint density at radius 2 is 2.17 bits per heavy atom. The Morgan fingerprint density at radius 1 is 1.43 bits per heavy atom. The quantitative estimate of drug-likeness (QED) is 0.754. The highest BCUT2D eigenvalue weighted by molar-refractivity contribution is 9.10. The van der Waals surface area contributed by atoms with Gasteiger partial charge in [-0.3, -0.25) is 4.79 Å². The lowest BCUT2D eigenvalue weighted by Crippen LogP contribution is -2.36. The van der Waals surface area contributed by atoms with E-state index < -0.39 is 0 Å². The van der Waals surface area contributed by atoms with Gasteiger partial charge in [-0.25, -0.2) is 4.98 Å². The molecule has 4 nitrogen and oxygen atoms in total. The zero-order valence-corrected chi connectivity index (χ0v) is 16.4. The van der Waals surface area contributed by atoms with Crippen molar-refractivity contribution >= 4 is 45.6 Å². The van der Waals surface area contributed by atoms with Gasteiger partial charge in [0.2, 0.25) is 0 Å². The number of nitrogens with two attached hydrogens (primary N) is 1. The molecule has 1 aromatic carbocycles. The van der Waals surface area contributed by atoms with Crippen LogP contribution in [0.3, 0.4) is 0 Å². The molecule has 0 aliphatic rings. The van der Waals surface area contributed by atoms with Crippen molar-refractivity contribution in [3.63, 3.8) is 0 Å². The van der Waals surface area contributed by atoms with E-state index >= 15 is 0 Å². The molecule has 1 amide bonds. The van der Waals surface area contributed by atoms with Gasteiger partial charge >= 0.3 is 0 Å². The van der Waals surface area contributed by atoms with E-state index in [0.29, 0.717) is 25.2 Å². The first-order chi connectivity index (χ1) is 10.4. The van der Waals surface area contributed by atoms with E-state index in [0.717, 1.165) is 9.48 Å². The number of halogens is 2. The maximum Gasteiger partial charge on any atom is 0.270 e. The molecule has 1 aromatic heterocycles. The normalized spacial score (nSPS) is 11.0. The molecule has 0 aliphatic carbocycles. The Labute approximate surface area is 155 Å². The number of rotatable bonds is 6. The van der Waals surface area contributed by atoms with Gasteiger partial charge in [-0.1, -0.05) is 41.9 Å². The molecule has 0 saturated heterocycles. The highest BCUT2D eigenvalue weighted by Crippen LogP contribution is 2.25. The van der Waals surface area contributed by atoms with E-state index in [4.69, 9.17) is 5.73 Å². The summed E-state index contributed by atoms with van der Waals surface area (Å²) in [5.74, 6) is -0.136. The standard InChI is InChI=1S/C16H20BrN3OS.ClH/c1-16(2,11-4-3-5-12(17)8-11)10-19-15(21)13-9-22-14(20-13)6-7-18;/h3-5,8-9H,6-7,10,18H2,1-2H3,(H,19,21);1H. The van der Waals surface area contributed by atoms with E-state index in [9.17, 15) is 4.79 Å². The van der Waals surface area contributed by atoms with Gasteiger partial charge in [-0.2, -0.15) is 0 Å². The Bertz CT molecular complexity index is 660. The molecule has 0 atom stereocenters. The number of hydrogen-bond acceptors (Lipinski definition) is 4. The van der Waals surface area contributed by atoms with Crippen molar-refractivity contribution < 1.29 is 4.79 Å². The molecule has 2 rings (SSSR count). The van der Waals surface area contributed by atoms with Crippen LogP contribution in [-0.2, 0) is 11.8 Å². The first kappa shape index (κ1) is 20.1. The van der Waals surface area contributed by atoms with E-state index in [1.807, 2.05) is 12.1 Å². The number of aromatic nitrogens is 1. The zero-order valence-electron chi connectivity index (χ0n) is 13.1. The summed E-state index contributed by atoms with van der Waals surface area (Å²) in [5.41, 5.74) is 6.98. The summed E-state index contributed by atoms with van der Waals surface area (Å²) in [6.07, 6.45) is 0.710. The Morgan fingerprint density at radius 3 is 2.83 bits per heavy atom. The molecule has 126 valence electrons. The fourth-order valence-electron chi connectivity index (χ4n) is 2.06. The maximum absolute atomic E-state index is 12.2. The molecule has 0 aliphatic heterocycles. The van der Waals surface area contributed by atoms with E-state index in [1.54, 1.807) is 5.38 Å². The first-order valence-corrected chi connectivity index (χ1v) is 8.78. The van der Waals surface area contributed by atoms with Gasteiger partial charge in [0.25, 0.3) is 5.91 Å². The van der Waals surface area contributed by atoms with Crippen LogP contribution in [0.5, 0.6) is 0 Å². The van der Waals surface area contributed by atoms with Gasteiger partial charge in [-0.15, -0.1) is 23.7 Å². The van der Waals surface area contributed by atoms with Crippen molar-refractivity contribution in [2.45, 2.75) is 25.7 Å². The zero-order chi connectivity index (χ0) is 16.2. The van der Waals surface area contributed by atoms with Crippen LogP contribution in [0.15, 0.2) is 34.1 Å². The van der Waals surface area contributed by atoms with Crippen molar-refractivity contribution in [1.82, 2.24) is 10.3 Å². The number of carbonyl (C=O) groups excluding carboxylic acids is 1. The Hall–Kier alpha value is -0.950. The van der Waals surface area contributed by atoms with Crippen molar-refractivity contribution in [2.24, 2.45) is 5.73 Å². The number of amides is 1. The molecule has 1 heterocycles. The molecule has 0 fully saturated rings. The van der Waals surface area contributed by atoms with Crippen LogP contribution in [0.2, 0.25) is 0 Å². The molecule has 2 aromatic rings. The fourth-order valence-corrected chi connectivity index (χ4v) is 3.25. The minimum absolute atomic E-state index is 0. The number of carbonyl (C=O) groups is 1. The minimum atomic E-state index is -0.157. The van der Waals surface area contributed by atoms with Crippen LogP contribution in [0.4, 0.5) is 0 Å². The number of nitrogens with zero attached hydrogens (tertiary/aromatic N) is 1. The van der Waals surface area contributed by atoms with Crippen molar-refractivity contribution in [3.05, 3.63) is 50.4 Å². The molecule has 0 radical (unpaired) electrons. The van der Waals surface area contributed by atoms with Crippen LogP contribution in [-0.4, -0.2) is 24.0 Å². The van der Waals surface area contributed by atoms with Crippen LogP contribution < -0.4 is 11.1 Å². The number of hydrogen-bond donors (Lipinski definition) is 2. The van der Waals surface area contributed by atoms with Crippen LogP contribution in [0.25, 0.3) is 0 Å². The van der Waals surface area contributed by atoms with Crippen molar-refractivity contribution in [1.29, 1.82) is 0 Å². The predicted octanol–water partition coefficient (Wildman–Crippen LogP) is 3.54. The fraction of sp³-hybridized carbons (Fsp3) is 0.375. The third-order valence-electron chi connectivity index (χ3n) is 3.44. The molecule has 0 bridgehead atoms. The summed E-state index contributed by atoms with van der Waals surface area (Å²) in [6.45, 7) is 5.31. The molecule has 23 heavy (non-hydrogen) atoms. The van der Waals surface area contributed by atoms with Crippen LogP contribution >= 0.6 is 39.7 Å². The largest absolute Gasteiger partial charge is 0.350 e. The monoisotopic (exact) mass is 417 g/mol. The number of nitrogens with one attached hydrogen (secondary N) is 1. The molecule has 7 heteroatoms. The smallest absolute Gasteiger partial charge is 0.270 e. The topological polar surface area (TPSA) is 68.0 Å². The van der Waals surface area contributed by atoms with Crippen molar-refractivity contribution in [2.75, 3.05) is 13.1 Å². The minimum Gasteiger partial charge on any atom is -0.350 e. The summed E-state index contributed by atoms with van der Waals surface area (Å²) < 4.78 is 1.04. The summed E-state index contributed by atoms with van der Waals surface area (Å²) in [4.78, 5) is 16.5. The van der Waals surface area contributed by atoms with Crippen LogP contribution in [0.1, 0.15) is 34.9 Å². The van der Waals surface area contributed by atoms with Gasteiger partial charge < -0.3 is 11.1 Å². The second-order valence-corrected chi connectivity index (χ2v) is 7.60. The molecular formula is C16H21BrClN3OS. The second-order valence-electron chi connectivity index (χ2n) is 5.74. The molecule has 0 saturated carbocycles. The Kier molecular flexibility index (Phi) is 7.67. The first-order valence-electron chi connectivity index (χ1n) is 7.11. The molecule has 3 N–H and O–H groups in total. The third-order valence-corrected chi connectivity index (χ3v) is 4.84. The number of thiazole rings is 1. The van der Waals surface area contributed by atoms with Gasteiger partial charge in [-0.05, 0) is 24.2 Å². The highest BCUT2D eigenvalue weighted by atomic mass is 79.9. The average Bonchev–Trinajstić information content (AvgIpc) is 2.94.